The van der Waals surface area contributed by atoms with Crippen LogP contribution in [-0.2, 0) is 11.2 Å². The molecule has 0 radical (unpaired) electrons. The van der Waals surface area contributed by atoms with Gasteiger partial charge in [0.1, 0.15) is 11.3 Å². The number of nitrogens with zero attached hydrogens (tertiary/aromatic N) is 3. The highest BCUT2D eigenvalue weighted by atomic mass is 16.5. The molecule has 0 spiro atoms. The van der Waals surface area contributed by atoms with Gasteiger partial charge in [-0.05, 0) is 76.1 Å². The minimum Gasteiger partial charge on any atom is -0.390 e. The second-order valence-corrected chi connectivity index (χ2v) is 8.96. The zero-order chi connectivity index (χ0) is 22.0. The number of fused-ring (bicyclic) bond motifs is 1. The van der Waals surface area contributed by atoms with Crippen molar-refractivity contribution in [2.24, 2.45) is 0 Å². The number of anilines is 1. The molecule has 31 heavy (non-hydrogen) atoms. The fourth-order valence-corrected chi connectivity index (χ4v) is 3.96. The van der Waals surface area contributed by atoms with Crippen LogP contribution in [0.15, 0.2) is 36.7 Å². The molecule has 7 nitrogen and oxygen atoms in total. The number of amides is 1. The summed E-state index contributed by atoms with van der Waals surface area (Å²) in [4.78, 5) is 22.0. The molecule has 164 valence electrons. The summed E-state index contributed by atoms with van der Waals surface area (Å²) in [6, 6.07) is 7.51. The smallest absolute Gasteiger partial charge is 0.274 e. The summed E-state index contributed by atoms with van der Waals surface area (Å²) in [5, 5.41) is 13.1. The van der Waals surface area contributed by atoms with Crippen molar-refractivity contribution in [1.29, 1.82) is 0 Å². The average Bonchev–Trinajstić information content (AvgIpc) is 3.14. The number of hydrogen-bond donors (Lipinski definition) is 2. The predicted molar refractivity (Wildman–Crippen MR) is 120 cm³/mol. The lowest BCUT2D eigenvalue weighted by atomic mass is 9.91. The quantitative estimate of drug-likeness (QED) is 0.629. The topological polar surface area (TPSA) is 88.8 Å². The highest BCUT2D eigenvalue weighted by Gasteiger charge is 2.22. The number of hydrogen-bond acceptors (Lipinski definition) is 5. The number of imidazole rings is 1. The van der Waals surface area contributed by atoms with Gasteiger partial charge >= 0.3 is 0 Å². The van der Waals surface area contributed by atoms with Crippen molar-refractivity contribution in [1.82, 2.24) is 14.4 Å². The number of ether oxygens (including phenoxy) is 1. The number of aryl methyl sites for hydroxylation is 2. The third-order valence-electron chi connectivity index (χ3n) is 5.70. The van der Waals surface area contributed by atoms with Crippen LogP contribution >= 0.6 is 0 Å². The Bertz CT molecular complexity index is 1080. The van der Waals surface area contributed by atoms with Crippen molar-refractivity contribution in [2.45, 2.75) is 58.0 Å². The number of nitrogens with one attached hydrogen (secondary N) is 1. The van der Waals surface area contributed by atoms with Gasteiger partial charge in [0.05, 0.1) is 17.0 Å². The minimum absolute atomic E-state index is 0.223. The van der Waals surface area contributed by atoms with Gasteiger partial charge in [-0.3, -0.25) is 4.79 Å². The summed E-state index contributed by atoms with van der Waals surface area (Å²) in [7, 11) is 0. The van der Waals surface area contributed by atoms with Crippen molar-refractivity contribution >= 4 is 17.2 Å². The van der Waals surface area contributed by atoms with Gasteiger partial charge in [-0.2, -0.15) is 0 Å². The van der Waals surface area contributed by atoms with E-state index in [2.05, 4.69) is 16.4 Å². The Morgan fingerprint density at radius 2 is 2.03 bits per heavy atom. The molecule has 0 saturated carbocycles. The van der Waals surface area contributed by atoms with Gasteiger partial charge in [-0.15, -0.1) is 0 Å². The number of pyridine rings is 2. The van der Waals surface area contributed by atoms with E-state index in [-0.39, 0.29) is 5.91 Å². The summed E-state index contributed by atoms with van der Waals surface area (Å²) in [6.07, 6.45) is 7.05. The lowest BCUT2D eigenvalue weighted by molar-refractivity contribution is 0.0711. The molecule has 4 heterocycles. The van der Waals surface area contributed by atoms with E-state index in [1.807, 2.05) is 35.9 Å². The zero-order valence-electron chi connectivity index (χ0n) is 18.4. The molecule has 0 aromatic carbocycles. The van der Waals surface area contributed by atoms with E-state index in [9.17, 15) is 9.90 Å². The molecule has 0 aliphatic carbocycles. The fourth-order valence-electron chi connectivity index (χ4n) is 3.96. The second kappa shape index (κ2) is 8.77. The summed E-state index contributed by atoms with van der Waals surface area (Å²) >= 11 is 0. The van der Waals surface area contributed by atoms with E-state index in [0.29, 0.717) is 37.7 Å². The Hall–Kier alpha value is -2.77. The van der Waals surface area contributed by atoms with E-state index < -0.39 is 5.60 Å². The van der Waals surface area contributed by atoms with E-state index in [1.54, 1.807) is 19.9 Å². The molecule has 0 bridgehead atoms. The fraction of sp³-hybridized carbons (Fsp3) is 0.458. The lowest BCUT2D eigenvalue weighted by Gasteiger charge is -2.25. The van der Waals surface area contributed by atoms with Crippen molar-refractivity contribution in [3.63, 3.8) is 0 Å². The maximum absolute atomic E-state index is 12.9. The molecule has 1 amide bonds. The second-order valence-electron chi connectivity index (χ2n) is 8.96. The first kappa shape index (κ1) is 21.5. The van der Waals surface area contributed by atoms with Gasteiger partial charge in [0.25, 0.3) is 5.91 Å². The molecule has 1 aliphatic rings. The summed E-state index contributed by atoms with van der Waals surface area (Å²) in [6.45, 7) is 6.91. The van der Waals surface area contributed by atoms with Gasteiger partial charge < -0.3 is 19.6 Å². The Kier molecular flexibility index (Phi) is 6.07. The van der Waals surface area contributed by atoms with Crippen LogP contribution in [0.1, 0.15) is 66.5 Å². The Morgan fingerprint density at radius 1 is 1.26 bits per heavy atom. The van der Waals surface area contributed by atoms with E-state index in [0.717, 1.165) is 41.1 Å². The van der Waals surface area contributed by atoms with Crippen LogP contribution in [-0.4, -0.2) is 44.2 Å². The monoisotopic (exact) mass is 422 g/mol. The number of carbonyl (C=O) groups excluding carboxylic acids is 1. The lowest BCUT2D eigenvalue weighted by Crippen LogP contribution is -2.19. The minimum atomic E-state index is -0.733. The van der Waals surface area contributed by atoms with Gasteiger partial charge in [0.15, 0.2) is 0 Å². The van der Waals surface area contributed by atoms with Crippen molar-refractivity contribution < 1.29 is 14.6 Å². The van der Waals surface area contributed by atoms with Gasteiger partial charge in [0, 0.05) is 31.3 Å². The van der Waals surface area contributed by atoms with Gasteiger partial charge in [-0.25, -0.2) is 9.97 Å². The highest BCUT2D eigenvalue weighted by molar-refractivity contribution is 6.03. The standard InChI is InChI=1S/C24H30N4O3/c1-16-5-4-6-20(25-16)23(29)27-21-15-28-14-18(7-10-24(2,3)30)26-22(28)13-19(21)17-8-11-31-12-9-17/h4-6,13-15,17,30H,7-12H2,1-3H3,(H,27,29). The Balaban J connectivity index is 1.67. The van der Waals surface area contributed by atoms with Crippen molar-refractivity contribution in [3.05, 3.63) is 59.3 Å². The molecule has 1 fully saturated rings. The molecular weight excluding hydrogens is 392 g/mol. The summed E-state index contributed by atoms with van der Waals surface area (Å²) in [5.41, 5.74) is 4.09. The maximum atomic E-state index is 12.9. The van der Waals surface area contributed by atoms with Gasteiger partial charge in [-0.1, -0.05) is 6.07 Å². The van der Waals surface area contributed by atoms with E-state index in [1.165, 1.54) is 0 Å². The van der Waals surface area contributed by atoms with Crippen LogP contribution in [0.5, 0.6) is 0 Å². The molecule has 7 heteroatoms. The van der Waals surface area contributed by atoms with Crippen molar-refractivity contribution in [2.75, 3.05) is 18.5 Å². The van der Waals surface area contributed by atoms with Crippen LogP contribution in [0, 0.1) is 6.92 Å². The predicted octanol–water partition coefficient (Wildman–Crippen LogP) is 3.89. The zero-order valence-corrected chi connectivity index (χ0v) is 18.4. The first-order valence-electron chi connectivity index (χ1n) is 10.9. The van der Waals surface area contributed by atoms with E-state index in [4.69, 9.17) is 9.72 Å². The molecule has 2 N–H and O–H groups in total. The van der Waals surface area contributed by atoms with Crippen LogP contribution in [0.3, 0.4) is 0 Å². The summed E-state index contributed by atoms with van der Waals surface area (Å²) < 4.78 is 7.48. The molecule has 0 unspecified atom stereocenters. The molecule has 1 aliphatic heterocycles. The first-order valence-corrected chi connectivity index (χ1v) is 10.9. The van der Waals surface area contributed by atoms with Crippen LogP contribution in [0.25, 0.3) is 5.65 Å². The van der Waals surface area contributed by atoms with E-state index >= 15 is 0 Å². The van der Waals surface area contributed by atoms with Crippen molar-refractivity contribution in [3.8, 4) is 0 Å². The molecule has 3 aromatic heterocycles. The third kappa shape index (κ3) is 5.29. The van der Waals surface area contributed by atoms with Gasteiger partial charge in [0.2, 0.25) is 0 Å². The highest BCUT2D eigenvalue weighted by Crippen LogP contribution is 2.33. The normalized spacial score (nSPS) is 15.4. The maximum Gasteiger partial charge on any atom is 0.274 e. The van der Waals surface area contributed by atoms with Crippen LogP contribution < -0.4 is 5.32 Å². The Labute approximate surface area is 182 Å². The summed E-state index contributed by atoms with van der Waals surface area (Å²) in [5.74, 6) is 0.0785. The average molecular weight is 423 g/mol. The first-order chi connectivity index (χ1) is 14.8. The molecular formula is C24H30N4O3. The largest absolute Gasteiger partial charge is 0.390 e. The molecule has 0 atom stereocenters. The molecule has 4 rings (SSSR count). The number of carbonyl (C=O) groups is 1. The SMILES string of the molecule is Cc1cccc(C(=O)Nc2cn3cc(CCC(C)(C)O)nc3cc2C2CCOCC2)n1. The Morgan fingerprint density at radius 3 is 2.74 bits per heavy atom. The number of aliphatic hydroxyl groups is 1. The van der Waals surface area contributed by atoms with Crippen LogP contribution in [0.2, 0.25) is 0 Å². The molecule has 1 saturated heterocycles. The number of aromatic nitrogens is 3. The van der Waals surface area contributed by atoms with Crippen LogP contribution in [0.4, 0.5) is 5.69 Å². The molecule has 3 aromatic rings. The third-order valence-corrected chi connectivity index (χ3v) is 5.70. The number of rotatable bonds is 6.